The minimum Gasteiger partial charge on any atom is -0.493 e. The molecule has 29 heavy (non-hydrogen) atoms. The van der Waals surface area contributed by atoms with Crippen LogP contribution < -0.4 is 10.1 Å². The summed E-state index contributed by atoms with van der Waals surface area (Å²) < 4.78 is 7.57. The topological polar surface area (TPSA) is 69.0 Å². The van der Waals surface area contributed by atoms with E-state index in [-0.39, 0.29) is 11.7 Å². The summed E-state index contributed by atoms with van der Waals surface area (Å²) in [5, 5.41) is 12.1. The number of aromatic nitrogens is 3. The van der Waals surface area contributed by atoms with Gasteiger partial charge in [0.2, 0.25) is 5.91 Å². The summed E-state index contributed by atoms with van der Waals surface area (Å²) in [5.41, 5.74) is 2.92. The van der Waals surface area contributed by atoms with E-state index in [0.29, 0.717) is 23.5 Å². The second-order valence-electron chi connectivity index (χ2n) is 6.91. The molecule has 0 radical (unpaired) electrons. The molecule has 0 saturated carbocycles. The third-order valence-corrected chi connectivity index (χ3v) is 5.48. The van der Waals surface area contributed by atoms with Crippen LogP contribution in [0.15, 0.2) is 53.7 Å². The molecule has 0 atom stereocenters. The number of rotatable bonds is 8. The van der Waals surface area contributed by atoms with E-state index in [9.17, 15) is 4.79 Å². The first-order valence-electron chi connectivity index (χ1n) is 9.63. The fourth-order valence-electron chi connectivity index (χ4n) is 2.89. The Bertz CT molecular complexity index is 967. The number of carbonyl (C=O) groups excluding carboxylic acids is 1. The van der Waals surface area contributed by atoms with Crippen molar-refractivity contribution in [3.05, 3.63) is 54.1 Å². The molecular weight excluding hydrogens is 384 g/mol. The largest absolute Gasteiger partial charge is 0.493 e. The van der Waals surface area contributed by atoms with Gasteiger partial charge in [0.05, 0.1) is 17.9 Å². The zero-order chi connectivity index (χ0) is 20.8. The van der Waals surface area contributed by atoms with Crippen LogP contribution in [0.5, 0.6) is 5.75 Å². The molecule has 1 N–H and O–H groups in total. The van der Waals surface area contributed by atoms with Crippen molar-refractivity contribution in [1.82, 2.24) is 14.8 Å². The standard InChI is InChI=1S/C22H26N4O2S/c1-5-28-19-9-7-6-8-18(19)21-24-25-22(26(21)4)29-14-20(27)23-17-12-10-16(11-13-17)15(2)3/h6-13,15H,5,14H2,1-4H3,(H,23,27). The third kappa shape index (κ3) is 5.17. The Morgan fingerprint density at radius 2 is 1.86 bits per heavy atom. The number of nitrogens with one attached hydrogen (secondary N) is 1. The van der Waals surface area contributed by atoms with Crippen LogP contribution in [0.1, 0.15) is 32.3 Å². The maximum absolute atomic E-state index is 12.3. The molecule has 0 fully saturated rings. The number of ether oxygens (including phenoxy) is 1. The van der Waals surface area contributed by atoms with Crippen LogP contribution in [0.3, 0.4) is 0 Å². The molecule has 0 saturated heterocycles. The van der Waals surface area contributed by atoms with Crippen LogP contribution in [-0.2, 0) is 11.8 Å². The van der Waals surface area contributed by atoms with E-state index in [1.165, 1.54) is 17.3 Å². The second-order valence-corrected chi connectivity index (χ2v) is 7.85. The van der Waals surface area contributed by atoms with Gasteiger partial charge in [0.25, 0.3) is 0 Å². The SMILES string of the molecule is CCOc1ccccc1-c1nnc(SCC(=O)Nc2ccc(C(C)C)cc2)n1C. The fourth-order valence-corrected chi connectivity index (χ4v) is 3.60. The summed E-state index contributed by atoms with van der Waals surface area (Å²) in [6.45, 7) is 6.82. The Balaban J connectivity index is 1.64. The van der Waals surface area contributed by atoms with E-state index < -0.39 is 0 Å². The molecule has 0 aliphatic carbocycles. The van der Waals surface area contributed by atoms with Gasteiger partial charge >= 0.3 is 0 Å². The van der Waals surface area contributed by atoms with Crippen LogP contribution in [-0.4, -0.2) is 33.0 Å². The summed E-state index contributed by atoms with van der Waals surface area (Å²) in [4.78, 5) is 12.3. The number of amides is 1. The average molecular weight is 411 g/mol. The first kappa shape index (κ1) is 20.9. The molecule has 0 unspecified atom stereocenters. The molecule has 3 aromatic rings. The summed E-state index contributed by atoms with van der Waals surface area (Å²) in [6.07, 6.45) is 0. The smallest absolute Gasteiger partial charge is 0.234 e. The van der Waals surface area contributed by atoms with Gasteiger partial charge in [0.1, 0.15) is 5.75 Å². The molecule has 152 valence electrons. The number of carbonyl (C=O) groups is 1. The number of nitrogens with zero attached hydrogens (tertiary/aromatic N) is 3. The molecule has 1 amide bonds. The Labute approximate surface area is 175 Å². The molecule has 3 rings (SSSR count). The molecule has 0 aliphatic rings. The minimum atomic E-state index is -0.0773. The van der Waals surface area contributed by atoms with Crippen molar-refractivity contribution in [2.75, 3.05) is 17.7 Å². The van der Waals surface area contributed by atoms with Gasteiger partial charge in [0.15, 0.2) is 11.0 Å². The van der Waals surface area contributed by atoms with Gasteiger partial charge in [-0.25, -0.2) is 0 Å². The van der Waals surface area contributed by atoms with Crippen LogP contribution in [0.2, 0.25) is 0 Å². The quantitative estimate of drug-likeness (QED) is 0.544. The van der Waals surface area contributed by atoms with Gasteiger partial charge in [-0.05, 0) is 42.7 Å². The van der Waals surface area contributed by atoms with Gasteiger partial charge < -0.3 is 14.6 Å². The van der Waals surface area contributed by atoms with Crippen LogP contribution in [0, 0.1) is 0 Å². The van der Waals surface area contributed by atoms with E-state index in [1.54, 1.807) is 0 Å². The van der Waals surface area contributed by atoms with Gasteiger partial charge in [-0.15, -0.1) is 10.2 Å². The van der Waals surface area contributed by atoms with E-state index in [2.05, 4.69) is 29.4 Å². The lowest BCUT2D eigenvalue weighted by Gasteiger charge is -2.10. The predicted octanol–water partition coefficient (Wildman–Crippen LogP) is 4.74. The van der Waals surface area contributed by atoms with Crippen LogP contribution in [0.25, 0.3) is 11.4 Å². The molecule has 1 aromatic heterocycles. The van der Waals surface area contributed by atoms with Crippen LogP contribution in [0.4, 0.5) is 5.69 Å². The van der Waals surface area contributed by atoms with Gasteiger partial charge in [0, 0.05) is 12.7 Å². The molecule has 0 spiro atoms. The Hall–Kier alpha value is -2.80. The molecular formula is C22H26N4O2S. The number of para-hydroxylation sites is 1. The monoisotopic (exact) mass is 410 g/mol. The molecule has 0 aliphatic heterocycles. The van der Waals surface area contributed by atoms with E-state index in [1.807, 2.05) is 67.1 Å². The maximum atomic E-state index is 12.3. The summed E-state index contributed by atoms with van der Waals surface area (Å²) >= 11 is 1.35. The number of anilines is 1. The number of hydrogen-bond acceptors (Lipinski definition) is 5. The molecule has 7 heteroatoms. The second kappa shape index (κ2) is 9.60. The fraction of sp³-hybridized carbons (Fsp3) is 0.318. The number of thioether (sulfide) groups is 1. The van der Waals surface area contributed by atoms with Crippen LogP contribution >= 0.6 is 11.8 Å². The highest BCUT2D eigenvalue weighted by molar-refractivity contribution is 7.99. The first-order valence-corrected chi connectivity index (χ1v) is 10.6. The van der Waals surface area contributed by atoms with Gasteiger partial charge in [-0.2, -0.15) is 0 Å². The van der Waals surface area contributed by atoms with Crippen molar-refractivity contribution in [1.29, 1.82) is 0 Å². The van der Waals surface area contributed by atoms with Gasteiger partial charge in [-0.1, -0.05) is 49.9 Å². The molecule has 1 heterocycles. The highest BCUT2D eigenvalue weighted by Gasteiger charge is 2.16. The van der Waals surface area contributed by atoms with E-state index >= 15 is 0 Å². The zero-order valence-electron chi connectivity index (χ0n) is 17.2. The lowest BCUT2D eigenvalue weighted by molar-refractivity contribution is -0.113. The Kier molecular flexibility index (Phi) is 6.93. The summed E-state index contributed by atoms with van der Waals surface area (Å²) in [6, 6.07) is 15.7. The lowest BCUT2D eigenvalue weighted by atomic mass is 10.0. The molecule has 6 nitrogen and oxygen atoms in total. The Morgan fingerprint density at radius 3 is 2.55 bits per heavy atom. The zero-order valence-corrected chi connectivity index (χ0v) is 18.0. The number of hydrogen-bond donors (Lipinski definition) is 1. The van der Waals surface area contributed by atoms with E-state index in [0.717, 1.165) is 17.0 Å². The van der Waals surface area contributed by atoms with Gasteiger partial charge in [-0.3, -0.25) is 4.79 Å². The van der Waals surface area contributed by atoms with E-state index in [4.69, 9.17) is 4.74 Å². The van der Waals surface area contributed by atoms with Crippen molar-refractivity contribution in [3.63, 3.8) is 0 Å². The Morgan fingerprint density at radius 1 is 1.14 bits per heavy atom. The highest BCUT2D eigenvalue weighted by atomic mass is 32.2. The van der Waals surface area contributed by atoms with Crippen molar-refractivity contribution >= 4 is 23.4 Å². The highest BCUT2D eigenvalue weighted by Crippen LogP contribution is 2.30. The van der Waals surface area contributed by atoms with Crippen molar-refractivity contribution in [3.8, 4) is 17.1 Å². The third-order valence-electron chi connectivity index (χ3n) is 4.46. The van der Waals surface area contributed by atoms with Crippen molar-refractivity contribution in [2.24, 2.45) is 7.05 Å². The lowest BCUT2D eigenvalue weighted by Crippen LogP contribution is -2.14. The molecule has 0 bridgehead atoms. The van der Waals surface area contributed by atoms with Crippen molar-refractivity contribution in [2.45, 2.75) is 31.8 Å². The summed E-state index contributed by atoms with van der Waals surface area (Å²) in [5.74, 6) is 2.12. The van der Waals surface area contributed by atoms with Crippen molar-refractivity contribution < 1.29 is 9.53 Å². The maximum Gasteiger partial charge on any atom is 0.234 e. The first-order chi connectivity index (χ1) is 14.0. The molecule has 2 aromatic carbocycles. The average Bonchev–Trinajstić information content (AvgIpc) is 3.08. The number of benzene rings is 2. The predicted molar refractivity (Wildman–Crippen MR) is 117 cm³/mol. The normalized spacial score (nSPS) is 10.9. The minimum absolute atomic E-state index is 0.0773. The summed E-state index contributed by atoms with van der Waals surface area (Å²) in [7, 11) is 1.89.